The van der Waals surface area contributed by atoms with Crippen LogP contribution in [0.3, 0.4) is 0 Å². The number of fused-ring (bicyclic) bond motifs is 1. The van der Waals surface area contributed by atoms with Crippen LogP contribution in [0.5, 0.6) is 0 Å². The molecule has 0 bridgehead atoms. The summed E-state index contributed by atoms with van der Waals surface area (Å²) < 4.78 is 33.6. The molecule has 2 aromatic rings. The van der Waals surface area contributed by atoms with Crippen LogP contribution in [0, 0.1) is 5.92 Å². The number of hydrogen-bond acceptors (Lipinski definition) is 5. The van der Waals surface area contributed by atoms with E-state index >= 15 is 0 Å². The summed E-state index contributed by atoms with van der Waals surface area (Å²) in [5.74, 6) is -1.87. The van der Waals surface area contributed by atoms with Gasteiger partial charge in [0, 0.05) is 30.7 Å². The Labute approximate surface area is 175 Å². The number of alkyl halides is 3. The molecule has 7 nitrogen and oxygen atoms in total. The van der Waals surface area contributed by atoms with Crippen molar-refractivity contribution in [2.75, 3.05) is 13.1 Å². The van der Waals surface area contributed by atoms with Crippen molar-refractivity contribution in [3.63, 3.8) is 0 Å². The van der Waals surface area contributed by atoms with Gasteiger partial charge in [0.25, 0.3) is 0 Å². The Morgan fingerprint density at radius 1 is 1.30 bits per heavy atom. The highest BCUT2D eigenvalue weighted by atomic mass is 32.1. The predicted molar refractivity (Wildman–Crippen MR) is 104 cm³/mol. The van der Waals surface area contributed by atoms with Crippen molar-refractivity contribution in [2.45, 2.75) is 44.6 Å². The first-order chi connectivity index (χ1) is 14.2. The lowest BCUT2D eigenvalue weighted by Gasteiger charge is -2.37. The van der Waals surface area contributed by atoms with Crippen LogP contribution in [0.25, 0.3) is 0 Å². The summed E-state index contributed by atoms with van der Waals surface area (Å²) in [4.78, 5) is 25.2. The van der Waals surface area contributed by atoms with Crippen molar-refractivity contribution >= 4 is 23.2 Å². The number of hydrogen-bond donors (Lipinski definition) is 2. The third-order valence-electron chi connectivity index (χ3n) is 5.17. The van der Waals surface area contributed by atoms with Crippen LogP contribution in [-0.2, 0) is 22.7 Å². The Morgan fingerprint density at radius 3 is 2.60 bits per heavy atom. The quantitative estimate of drug-likeness (QED) is 0.740. The zero-order valence-electron chi connectivity index (χ0n) is 16.1. The van der Waals surface area contributed by atoms with E-state index in [4.69, 9.17) is 9.90 Å². The molecule has 0 aromatic carbocycles. The molecule has 0 spiro atoms. The van der Waals surface area contributed by atoms with Crippen molar-refractivity contribution in [2.24, 2.45) is 5.92 Å². The van der Waals surface area contributed by atoms with E-state index in [1.165, 1.54) is 24.1 Å². The van der Waals surface area contributed by atoms with Gasteiger partial charge in [-0.1, -0.05) is 12.5 Å². The molecule has 1 unspecified atom stereocenters. The molecule has 2 aliphatic rings. The van der Waals surface area contributed by atoms with Crippen LogP contribution in [0.4, 0.5) is 13.2 Å². The summed E-state index contributed by atoms with van der Waals surface area (Å²) in [5.41, 5.74) is 1.15. The molecule has 164 valence electrons. The first-order valence-corrected chi connectivity index (χ1v) is 10.5. The number of nitrogens with zero attached hydrogens (tertiary/aromatic N) is 3. The van der Waals surface area contributed by atoms with Crippen LogP contribution in [0.2, 0.25) is 0 Å². The summed E-state index contributed by atoms with van der Waals surface area (Å²) in [6.45, 7) is 3.39. The Hall–Kier alpha value is -2.40. The highest BCUT2D eigenvalue weighted by molar-refractivity contribution is 7.09. The maximum Gasteiger partial charge on any atom is 0.490 e. The van der Waals surface area contributed by atoms with Crippen molar-refractivity contribution in [1.82, 2.24) is 20.0 Å². The van der Waals surface area contributed by atoms with Crippen LogP contribution < -0.4 is 5.32 Å². The minimum atomic E-state index is -5.08. The number of aliphatic carboxylic acids is 1. The number of carboxylic acid groups (broad SMARTS) is 1. The fraction of sp³-hybridized carbons (Fsp3) is 0.526. The zero-order chi connectivity index (χ0) is 21.7. The van der Waals surface area contributed by atoms with E-state index in [0.29, 0.717) is 6.54 Å². The van der Waals surface area contributed by atoms with E-state index in [9.17, 15) is 18.0 Å². The van der Waals surface area contributed by atoms with E-state index in [-0.39, 0.29) is 11.9 Å². The number of aromatic nitrogens is 2. The molecule has 4 rings (SSSR count). The van der Waals surface area contributed by atoms with Gasteiger partial charge in [-0.25, -0.2) is 4.79 Å². The minimum Gasteiger partial charge on any atom is -0.475 e. The first-order valence-electron chi connectivity index (χ1n) is 9.59. The Bertz CT molecular complexity index is 850. The number of amides is 1. The van der Waals surface area contributed by atoms with Gasteiger partial charge in [-0.3, -0.25) is 14.4 Å². The normalized spacial score (nSPS) is 19.2. The lowest BCUT2D eigenvalue weighted by Crippen LogP contribution is -2.46. The summed E-state index contributed by atoms with van der Waals surface area (Å²) in [6.07, 6.45) is 0.763. The van der Waals surface area contributed by atoms with Gasteiger partial charge in [0.15, 0.2) is 0 Å². The van der Waals surface area contributed by atoms with Gasteiger partial charge in [0.1, 0.15) is 6.04 Å². The number of carboxylic acids is 1. The highest BCUT2D eigenvalue weighted by Crippen LogP contribution is 2.30. The van der Waals surface area contributed by atoms with Crippen LogP contribution in [0.15, 0.2) is 29.8 Å². The van der Waals surface area contributed by atoms with Gasteiger partial charge in [-0.2, -0.15) is 18.3 Å². The molecule has 0 radical (unpaired) electrons. The molecule has 1 aliphatic carbocycles. The lowest BCUT2D eigenvalue weighted by atomic mass is 9.85. The number of halogens is 3. The standard InChI is InChI=1S/C17H22N4OS.C2HF3O2/c22-17(18-9-15-5-2-8-23-15)16-12-20(10-13-3-1-4-13)11-14-6-7-19-21(14)16;3-2(4,5)1(6)7/h2,5-8,13,16H,1,3-4,9-12H2,(H,18,22);(H,6,7). The number of carbonyl (C=O) groups is 2. The highest BCUT2D eigenvalue weighted by Gasteiger charge is 2.38. The molecule has 1 amide bonds. The molecule has 0 saturated heterocycles. The van der Waals surface area contributed by atoms with Gasteiger partial charge in [-0.05, 0) is 36.3 Å². The van der Waals surface area contributed by atoms with Crippen molar-refractivity contribution in [3.8, 4) is 0 Å². The minimum absolute atomic E-state index is 0.0710. The second-order valence-electron chi connectivity index (χ2n) is 7.37. The molecule has 2 N–H and O–H groups in total. The van der Waals surface area contributed by atoms with Crippen molar-refractivity contribution in [1.29, 1.82) is 0 Å². The Morgan fingerprint density at radius 2 is 2.03 bits per heavy atom. The summed E-state index contributed by atoms with van der Waals surface area (Å²) in [5, 5.41) is 16.6. The molecule has 1 atom stereocenters. The molecule has 1 aliphatic heterocycles. The van der Waals surface area contributed by atoms with E-state index in [1.54, 1.807) is 11.3 Å². The molecule has 1 saturated carbocycles. The monoisotopic (exact) mass is 444 g/mol. The maximum atomic E-state index is 12.7. The molecular weight excluding hydrogens is 421 g/mol. The van der Waals surface area contributed by atoms with Gasteiger partial charge in [-0.15, -0.1) is 11.3 Å². The Balaban J connectivity index is 0.000000318. The van der Waals surface area contributed by atoms with Gasteiger partial charge < -0.3 is 10.4 Å². The first kappa shape index (κ1) is 22.3. The maximum absolute atomic E-state index is 12.7. The number of nitrogens with one attached hydrogen (secondary N) is 1. The molecule has 30 heavy (non-hydrogen) atoms. The molecule has 1 fully saturated rings. The Kier molecular flexibility index (Phi) is 7.14. The fourth-order valence-electron chi connectivity index (χ4n) is 3.44. The summed E-state index contributed by atoms with van der Waals surface area (Å²) in [7, 11) is 0. The van der Waals surface area contributed by atoms with Crippen LogP contribution in [-0.4, -0.2) is 50.9 Å². The van der Waals surface area contributed by atoms with E-state index in [2.05, 4.69) is 15.3 Å². The topological polar surface area (TPSA) is 87.5 Å². The molecule has 11 heteroatoms. The zero-order valence-corrected chi connectivity index (χ0v) is 17.0. The number of rotatable bonds is 5. The van der Waals surface area contributed by atoms with Crippen molar-refractivity contribution < 1.29 is 27.9 Å². The summed E-state index contributed by atoms with van der Waals surface area (Å²) in [6, 6.07) is 5.88. The third kappa shape index (κ3) is 5.82. The average molecular weight is 444 g/mol. The number of thiophene rings is 1. The molecular formula is C19H23F3N4O3S. The van der Waals surface area contributed by atoms with Crippen LogP contribution >= 0.6 is 11.3 Å². The predicted octanol–water partition coefficient (Wildman–Crippen LogP) is 3.05. The van der Waals surface area contributed by atoms with Gasteiger partial charge in [0.05, 0.1) is 12.2 Å². The average Bonchev–Trinajstić information content (AvgIpc) is 3.33. The van der Waals surface area contributed by atoms with Gasteiger partial charge >= 0.3 is 12.1 Å². The van der Waals surface area contributed by atoms with Crippen LogP contribution in [0.1, 0.15) is 35.9 Å². The van der Waals surface area contributed by atoms with Crippen molar-refractivity contribution in [3.05, 3.63) is 40.3 Å². The van der Waals surface area contributed by atoms with E-state index in [0.717, 1.165) is 31.2 Å². The van der Waals surface area contributed by atoms with Gasteiger partial charge in [0.2, 0.25) is 5.91 Å². The molecule has 2 aromatic heterocycles. The second-order valence-corrected chi connectivity index (χ2v) is 8.41. The molecule has 3 heterocycles. The van der Waals surface area contributed by atoms with E-state index < -0.39 is 12.1 Å². The van der Waals surface area contributed by atoms with E-state index in [1.807, 2.05) is 34.5 Å². The number of carbonyl (C=O) groups excluding carboxylic acids is 1. The smallest absolute Gasteiger partial charge is 0.475 e. The SMILES string of the molecule is O=C(NCc1cccs1)C1CN(CC2CCC2)Cc2ccnn21.O=C(O)C(F)(F)F. The largest absolute Gasteiger partial charge is 0.490 e. The fourth-order valence-corrected chi connectivity index (χ4v) is 4.09. The second kappa shape index (κ2) is 9.61. The lowest BCUT2D eigenvalue weighted by molar-refractivity contribution is -0.192. The third-order valence-corrected chi connectivity index (χ3v) is 6.04. The summed E-state index contributed by atoms with van der Waals surface area (Å²) >= 11 is 1.67.